The average Bonchev–Trinajstić information content (AvgIpc) is 2.55. The minimum atomic E-state index is -0.376. The lowest BCUT2D eigenvalue weighted by molar-refractivity contribution is -0.148. The number of morpholine rings is 1. The molecule has 1 unspecified atom stereocenters. The van der Waals surface area contributed by atoms with Crippen LogP contribution < -0.4 is 10.6 Å². The van der Waals surface area contributed by atoms with E-state index < -0.39 is 0 Å². The minimum absolute atomic E-state index is 0.00970. The van der Waals surface area contributed by atoms with Crippen molar-refractivity contribution in [3.05, 3.63) is 34.9 Å². The molecule has 2 atom stereocenters. The highest BCUT2D eigenvalue weighted by atomic mass is 35.5. The van der Waals surface area contributed by atoms with Gasteiger partial charge in [-0.15, -0.1) is 0 Å². The zero-order valence-corrected chi connectivity index (χ0v) is 12.6. The third-order valence-corrected chi connectivity index (χ3v) is 4.20. The van der Waals surface area contributed by atoms with Crippen LogP contribution in [0.2, 0.25) is 5.02 Å². The van der Waals surface area contributed by atoms with Gasteiger partial charge < -0.3 is 20.3 Å². The van der Waals surface area contributed by atoms with Crippen LogP contribution in [0.15, 0.2) is 24.3 Å². The number of nitrogens with zero attached hydrogens (tertiary/aromatic N) is 1. The second kappa shape index (κ2) is 6.75. The van der Waals surface area contributed by atoms with E-state index in [-0.39, 0.29) is 18.1 Å². The van der Waals surface area contributed by atoms with E-state index in [2.05, 4.69) is 10.6 Å². The molecule has 2 heterocycles. The third-order valence-electron chi connectivity index (χ3n) is 3.96. The highest BCUT2D eigenvalue weighted by Gasteiger charge is 2.33. The van der Waals surface area contributed by atoms with Gasteiger partial charge in [-0.2, -0.15) is 0 Å². The molecule has 2 aliphatic heterocycles. The second-order valence-corrected chi connectivity index (χ2v) is 5.81. The van der Waals surface area contributed by atoms with Crippen LogP contribution >= 0.6 is 11.6 Å². The lowest BCUT2D eigenvalue weighted by atomic mass is 10.0. The Morgan fingerprint density at radius 3 is 2.90 bits per heavy atom. The number of rotatable bonds is 2. The summed E-state index contributed by atoms with van der Waals surface area (Å²) in [7, 11) is 0. The molecule has 1 aromatic rings. The molecular formula is C15H20ClN3O2. The molecule has 114 valence electrons. The van der Waals surface area contributed by atoms with Gasteiger partial charge in [0.2, 0.25) is 0 Å². The number of nitrogens with one attached hydrogen (secondary N) is 2. The summed E-state index contributed by atoms with van der Waals surface area (Å²) in [5, 5.41) is 7.25. The maximum atomic E-state index is 12.7. The summed E-state index contributed by atoms with van der Waals surface area (Å²) in [4.78, 5) is 14.6. The van der Waals surface area contributed by atoms with Crippen molar-refractivity contribution in [2.24, 2.45) is 0 Å². The van der Waals surface area contributed by atoms with E-state index in [1.165, 1.54) is 0 Å². The minimum Gasteiger partial charge on any atom is -0.366 e. The Morgan fingerprint density at radius 1 is 1.29 bits per heavy atom. The van der Waals surface area contributed by atoms with Gasteiger partial charge >= 0.3 is 0 Å². The van der Waals surface area contributed by atoms with E-state index in [9.17, 15) is 4.79 Å². The van der Waals surface area contributed by atoms with Crippen LogP contribution in [-0.2, 0) is 9.53 Å². The fourth-order valence-electron chi connectivity index (χ4n) is 2.89. The molecule has 0 aliphatic carbocycles. The number of hydrogen-bond acceptors (Lipinski definition) is 4. The molecule has 0 saturated carbocycles. The van der Waals surface area contributed by atoms with Gasteiger partial charge in [-0.3, -0.25) is 4.79 Å². The Kier molecular flexibility index (Phi) is 4.75. The van der Waals surface area contributed by atoms with Crippen LogP contribution in [-0.4, -0.2) is 56.2 Å². The van der Waals surface area contributed by atoms with Crippen LogP contribution in [0.3, 0.4) is 0 Å². The normalized spacial score (nSPS) is 26.6. The first-order chi connectivity index (χ1) is 10.3. The molecule has 0 radical (unpaired) electrons. The molecule has 1 aromatic carbocycles. The Labute approximate surface area is 129 Å². The van der Waals surface area contributed by atoms with Crippen molar-refractivity contribution in [2.45, 2.75) is 12.1 Å². The number of halogens is 1. The van der Waals surface area contributed by atoms with Crippen molar-refractivity contribution in [3.8, 4) is 0 Å². The average molecular weight is 310 g/mol. The highest BCUT2D eigenvalue weighted by molar-refractivity contribution is 6.30. The fourth-order valence-corrected chi connectivity index (χ4v) is 3.09. The Hall–Kier alpha value is -1.14. The summed E-state index contributed by atoms with van der Waals surface area (Å²) in [5.74, 6) is 0.0636. The van der Waals surface area contributed by atoms with E-state index in [4.69, 9.17) is 16.3 Å². The lowest BCUT2D eigenvalue weighted by Crippen LogP contribution is -2.55. The SMILES string of the molecule is O=C([C@H]1CNCCO1)N1CCNCC1c1cccc(Cl)c1. The van der Waals surface area contributed by atoms with Crippen LogP contribution in [0.1, 0.15) is 11.6 Å². The summed E-state index contributed by atoms with van der Waals surface area (Å²) < 4.78 is 5.60. The van der Waals surface area contributed by atoms with Crippen molar-refractivity contribution in [2.75, 3.05) is 39.3 Å². The lowest BCUT2D eigenvalue weighted by Gasteiger charge is -2.39. The van der Waals surface area contributed by atoms with Gasteiger partial charge in [0, 0.05) is 37.7 Å². The van der Waals surface area contributed by atoms with Crippen molar-refractivity contribution >= 4 is 17.5 Å². The number of ether oxygens (including phenoxy) is 1. The largest absolute Gasteiger partial charge is 0.366 e. The highest BCUT2D eigenvalue weighted by Crippen LogP contribution is 2.25. The summed E-state index contributed by atoms with van der Waals surface area (Å²) in [6.07, 6.45) is -0.376. The standard InChI is InChI=1S/C15H20ClN3O2/c16-12-3-1-2-11(8-12)13-9-17-4-6-19(13)15(20)14-10-18-5-7-21-14/h1-3,8,13-14,17-18H,4-7,9-10H2/t13?,14-/m1/s1. The first kappa shape index (κ1) is 14.8. The van der Waals surface area contributed by atoms with E-state index in [1.54, 1.807) is 0 Å². The van der Waals surface area contributed by atoms with Crippen LogP contribution in [0.5, 0.6) is 0 Å². The summed E-state index contributed by atoms with van der Waals surface area (Å²) in [5.41, 5.74) is 1.06. The summed E-state index contributed by atoms with van der Waals surface area (Å²) in [6.45, 7) is 4.23. The molecule has 5 nitrogen and oxygen atoms in total. The maximum Gasteiger partial charge on any atom is 0.253 e. The number of benzene rings is 1. The topological polar surface area (TPSA) is 53.6 Å². The van der Waals surface area contributed by atoms with Gasteiger partial charge in [0.25, 0.3) is 5.91 Å². The molecule has 3 rings (SSSR count). The molecule has 2 aliphatic rings. The number of carbonyl (C=O) groups is 1. The number of hydrogen-bond donors (Lipinski definition) is 2. The van der Waals surface area contributed by atoms with Crippen LogP contribution in [0, 0.1) is 0 Å². The van der Waals surface area contributed by atoms with Crippen LogP contribution in [0.25, 0.3) is 0 Å². The van der Waals surface area contributed by atoms with Crippen LogP contribution in [0.4, 0.5) is 0 Å². The second-order valence-electron chi connectivity index (χ2n) is 5.37. The Morgan fingerprint density at radius 2 is 2.14 bits per heavy atom. The molecule has 2 N–H and O–H groups in total. The zero-order chi connectivity index (χ0) is 14.7. The van der Waals surface area contributed by atoms with Crippen molar-refractivity contribution in [1.29, 1.82) is 0 Å². The summed E-state index contributed by atoms with van der Waals surface area (Å²) in [6, 6.07) is 7.73. The molecule has 0 aromatic heterocycles. The number of amides is 1. The van der Waals surface area contributed by atoms with Gasteiger partial charge in [0.1, 0.15) is 6.10 Å². The Balaban J connectivity index is 1.79. The number of carbonyl (C=O) groups excluding carboxylic acids is 1. The van der Waals surface area contributed by atoms with E-state index in [0.717, 1.165) is 25.2 Å². The van der Waals surface area contributed by atoms with Gasteiger partial charge in [-0.25, -0.2) is 0 Å². The number of piperazine rings is 1. The van der Waals surface area contributed by atoms with E-state index in [0.29, 0.717) is 24.7 Å². The van der Waals surface area contributed by atoms with Gasteiger partial charge in [0.15, 0.2) is 0 Å². The molecule has 6 heteroatoms. The molecule has 21 heavy (non-hydrogen) atoms. The fraction of sp³-hybridized carbons (Fsp3) is 0.533. The van der Waals surface area contributed by atoms with E-state index >= 15 is 0 Å². The smallest absolute Gasteiger partial charge is 0.253 e. The van der Waals surface area contributed by atoms with Crippen molar-refractivity contribution < 1.29 is 9.53 Å². The maximum absolute atomic E-state index is 12.7. The van der Waals surface area contributed by atoms with Gasteiger partial charge in [-0.1, -0.05) is 23.7 Å². The first-order valence-corrected chi connectivity index (χ1v) is 7.72. The molecule has 2 saturated heterocycles. The van der Waals surface area contributed by atoms with E-state index in [1.807, 2.05) is 29.2 Å². The zero-order valence-electron chi connectivity index (χ0n) is 11.8. The molecule has 0 spiro atoms. The van der Waals surface area contributed by atoms with Gasteiger partial charge in [-0.05, 0) is 17.7 Å². The third kappa shape index (κ3) is 3.37. The predicted molar refractivity (Wildman–Crippen MR) is 81.4 cm³/mol. The quantitative estimate of drug-likeness (QED) is 0.848. The van der Waals surface area contributed by atoms with Gasteiger partial charge in [0.05, 0.1) is 12.6 Å². The molecule has 1 amide bonds. The molecular weight excluding hydrogens is 290 g/mol. The molecule has 0 bridgehead atoms. The van der Waals surface area contributed by atoms with Crippen molar-refractivity contribution in [3.63, 3.8) is 0 Å². The molecule has 2 fully saturated rings. The monoisotopic (exact) mass is 309 g/mol. The summed E-state index contributed by atoms with van der Waals surface area (Å²) >= 11 is 6.08. The van der Waals surface area contributed by atoms with Crippen molar-refractivity contribution in [1.82, 2.24) is 15.5 Å². The first-order valence-electron chi connectivity index (χ1n) is 7.34. The Bertz CT molecular complexity index is 505. The predicted octanol–water partition coefficient (Wildman–Crippen LogP) is 0.801.